The van der Waals surface area contributed by atoms with E-state index < -0.39 is 0 Å². The van der Waals surface area contributed by atoms with Gasteiger partial charge in [-0.1, -0.05) is 48.7 Å². The van der Waals surface area contributed by atoms with Crippen molar-refractivity contribution < 1.29 is 0 Å². The predicted molar refractivity (Wildman–Crippen MR) is 87.7 cm³/mol. The van der Waals surface area contributed by atoms with Gasteiger partial charge >= 0.3 is 0 Å². The van der Waals surface area contributed by atoms with Gasteiger partial charge in [-0.2, -0.15) is 0 Å². The van der Waals surface area contributed by atoms with Gasteiger partial charge in [-0.05, 0) is 31.2 Å². The van der Waals surface area contributed by atoms with Crippen molar-refractivity contribution >= 4 is 17.2 Å². The van der Waals surface area contributed by atoms with E-state index in [-0.39, 0.29) is 5.82 Å². The highest BCUT2D eigenvalue weighted by molar-refractivity contribution is 5.81. The van der Waals surface area contributed by atoms with Gasteiger partial charge in [-0.25, -0.2) is 4.99 Å². The van der Waals surface area contributed by atoms with Crippen LogP contribution >= 0.6 is 0 Å². The first-order valence-corrected chi connectivity index (χ1v) is 6.67. The molecule has 0 aliphatic heterocycles. The van der Waals surface area contributed by atoms with Gasteiger partial charge in [0, 0.05) is 0 Å². The van der Waals surface area contributed by atoms with Crippen LogP contribution in [-0.2, 0) is 0 Å². The first-order chi connectivity index (χ1) is 10.8. The zero-order valence-electron chi connectivity index (χ0n) is 12.2. The quantitative estimate of drug-likeness (QED) is 0.304. The number of azo groups is 2. The van der Waals surface area contributed by atoms with Crippen molar-refractivity contribution in [3.63, 3.8) is 0 Å². The van der Waals surface area contributed by atoms with Crippen LogP contribution < -0.4 is 0 Å². The Bertz CT molecular complexity index is 739. The molecule has 2 aromatic rings. The number of nitrogens with zero attached hydrogens (tertiary/aromatic N) is 5. The monoisotopic (exact) mass is 289 g/mol. The SMILES string of the molecule is C=C=C(N=Nc1ccccc1)N=C(C)N=Nc1ccccc1. The van der Waals surface area contributed by atoms with E-state index in [0.717, 1.165) is 11.4 Å². The molecule has 0 fully saturated rings. The van der Waals surface area contributed by atoms with Gasteiger partial charge in [-0.15, -0.1) is 20.5 Å². The maximum atomic E-state index is 4.16. The zero-order valence-corrected chi connectivity index (χ0v) is 12.2. The van der Waals surface area contributed by atoms with Gasteiger partial charge in [0.05, 0.1) is 11.4 Å². The number of amidine groups is 1. The molecular formula is C17H15N5. The van der Waals surface area contributed by atoms with E-state index >= 15 is 0 Å². The molecule has 5 heteroatoms. The van der Waals surface area contributed by atoms with Gasteiger partial charge in [0.1, 0.15) is 0 Å². The Kier molecular flexibility index (Phi) is 5.67. The molecule has 2 aromatic carbocycles. The second-order valence-electron chi connectivity index (χ2n) is 4.23. The topological polar surface area (TPSA) is 61.8 Å². The van der Waals surface area contributed by atoms with Crippen LogP contribution in [0.25, 0.3) is 0 Å². The molecule has 0 amide bonds. The fraction of sp³-hybridized carbons (Fsp3) is 0.0588. The van der Waals surface area contributed by atoms with Crippen LogP contribution in [0, 0.1) is 0 Å². The molecule has 0 aliphatic carbocycles. The molecule has 0 saturated carbocycles. The van der Waals surface area contributed by atoms with Crippen molar-refractivity contribution in [3.8, 4) is 0 Å². The number of hydrogen-bond donors (Lipinski definition) is 0. The molecule has 0 radical (unpaired) electrons. The third-order valence-corrected chi connectivity index (χ3v) is 2.51. The lowest BCUT2D eigenvalue weighted by Crippen LogP contribution is -1.84. The van der Waals surface area contributed by atoms with Crippen molar-refractivity contribution in [2.45, 2.75) is 6.92 Å². The normalized spacial score (nSPS) is 11.8. The summed E-state index contributed by atoms with van der Waals surface area (Å²) in [6.07, 6.45) is 0. The van der Waals surface area contributed by atoms with Crippen molar-refractivity contribution in [3.05, 3.63) is 78.8 Å². The average Bonchev–Trinajstić information content (AvgIpc) is 2.58. The first-order valence-electron chi connectivity index (χ1n) is 6.67. The lowest BCUT2D eigenvalue weighted by atomic mass is 10.3. The van der Waals surface area contributed by atoms with Gasteiger partial charge in [-0.3, -0.25) is 0 Å². The van der Waals surface area contributed by atoms with Gasteiger partial charge in [0.15, 0.2) is 5.84 Å². The number of hydrogen-bond acceptors (Lipinski definition) is 4. The van der Waals surface area contributed by atoms with Crippen LogP contribution in [0.3, 0.4) is 0 Å². The average molecular weight is 289 g/mol. The van der Waals surface area contributed by atoms with E-state index in [0.29, 0.717) is 5.84 Å². The smallest absolute Gasteiger partial charge is 0.203 e. The fourth-order valence-electron chi connectivity index (χ4n) is 1.50. The van der Waals surface area contributed by atoms with E-state index in [9.17, 15) is 0 Å². The first kappa shape index (κ1) is 15.2. The standard InChI is InChI=1S/C17H15N5/c1-3-17(22-21-16-12-8-5-9-13-16)18-14(2)19-20-15-10-6-4-7-11-15/h4-13H,1H2,2H3. The largest absolute Gasteiger partial charge is 0.219 e. The van der Waals surface area contributed by atoms with Crippen molar-refractivity contribution in [2.75, 3.05) is 0 Å². The molecule has 0 spiro atoms. The zero-order chi connectivity index (χ0) is 15.6. The van der Waals surface area contributed by atoms with Crippen molar-refractivity contribution in [2.24, 2.45) is 25.4 Å². The highest BCUT2D eigenvalue weighted by Gasteiger charge is 1.94. The minimum absolute atomic E-state index is 0.258. The number of aliphatic imine (C=N–C) groups is 1. The van der Waals surface area contributed by atoms with Crippen LogP contribution in [-0.4, -0.2) is 5.84 Å². The molecule has 0 aliphatic rings. The Balaban J connectivity index is 2.07. The van der Waals surface area contributed by atoms with Crippen LogP contribution in [0.2, 0.25) is 0 Å². The summed E-state index contributed by atoms with van der Waals surface area (Å²) in [7, 11) is 0. The molecule has 108 valence electrons. The molecule has 0 heterocycles. The molecule has 0 aromatic heterocycles. The summed E-state index contributed by atoms with van der Waals surface area (Å²) in [6, 6.07) is 18.8. The van der Waals surface area contributed by atoms with Gasteiger partial charge in [0.2, 0.25) is 5.82 Å². The van der Waals surface area contributed by atoms with Gasteiger partial charge < -0.3 is 0 Å². The third-order valence-electron chi connectivity index (χ3n) is 2.51. The summed E-state index contributed by atoms with van der Waals surface area (Å²) in [5.41, 5.74) is 4.11. The summed E-state index contributed by atoms with van der Waals surface area (Å²) in [4.78, 5) is 4.16. The Morgan fingerprint density at radius 3 is 1.82 bits per heavy atom. The highest BCUT2D eigenvalue weighted by atomic mass is 15.2. The predicted octanol–water partition coefficient (Wildman–Crippen LogP) is 5.60. The van der Waals surface area contributed by atoms with Crippen LogP contribution in [0.4, 0.5) is 11.4 Å². The van der Waals surface area contributed by atoms with E-state index in [2.05, 4.69) is 37.8 Å². The molecule has 22 heavy (non-hydrogen) atoms. The summed E-state index contributed by atoms with van der Waals surface area (Å²) in [6.45, 7) is 5.27. The number of benzene rings is 2. The fourth-order valence-corrected chi connectivity index (χ4v) is 1.50. The lowest BCUT2D eigenvalue weighted by Gasteiger charge is -1.93. The molecule has 0 unspecified atom stereocenters. The Labute approximate surface area is 129 Å². The summed E-state index contributed by atoms with van der Waals surface area (Å²) >= 11 is 0. The molecule has 0 bridgehead atoms. The van der Waals surface area contributed by atoms with E-state index in [1.807, 2.05) is 60.7 Å². The Morgan fingerprint density at radius 2 is 1.32 bits per heavy atom. The minimum Gasteiger partial charge on any atom is -0.203 e. The maximum Gasteiger partial charge on any atom is 0.219 e. The molecule has 5 nitrogen and oxygen atoms in total. The highest BCUT2D eigenvalue weighted by Crippen LogP contribution is 2.13. The third kappa shape index (κ3) is 5.07. The van der Waals surface area contributed by atoms with E-state index in [1.54, 1.807) is 6.92 Å². The Morgan fingerprint density at radius 1 is 0.818 bits per heavy atom. The van der Waals surface area contributed by atoms with Crippen LogP contribution in [0.1, 0.15) is 6.92 Å². The molecular weight excluding hydrogens is 274 g/mol. The maximum absolute atomic E-state index is 4.16. The Hall–Kier alpha value is -3.17. The van der Waals surface area contributed by atoms with E-state index in [4.69, 9.17) is 0 Å². The van der Waals surface area contributed by atoms with Gasteiger partial charge in [0.25, 0.3) is 0 Å². The minimum atomic E-state index is 0.258. The van der Waals surface area contributed by atoms with Crippen LogP contribution in [0.5, 0.6) is 0 Å². The molecule has 0 atom stereocenters. The summed E-state index contributed by atoms with van der Waals surface area (Å²) < 4.78 is 0. The second kappa shape index (κ2) is 8.19. The van der Waals surface area contributed by atoms with E-state index in [1.165, 1.54) is 0 Å². The van der Waals surface area contributed by atoms with Crippen molar-refractivity contribution in [1.82, 2.24) is 0 Å². The van der Waals surface area contributed by atoms with Crippen LogP contribution in [0.15, 0.2) is 104 Å². The molecule has 2 rings (SSSR count). The molecule has 0 N–H and O–H groups in total. The molecule has 0 saturated heterocycles. The van der Waals surface area contributed by atoms with Crippen molar-refractivity contribution in [1.29, 1.82) is 0 Å². The summed E-state index contributed by atoms with van der Waals surface area (Å²) in [5, 5.41) is 16.1. The number of rotatable bonds is 4. The summed E-state index contributed by atoms with van der Waals surface area (Å²) in [5.74, 6) is 0.704. The lowest BCUT2D eigenvalue weighted by molar-refractivity contribution is 1.09. The second-order valence-corrected chi connectivity index (χ2v) is 4.23.